The van der Waals surface area contributed by atoms with Gasteiger partial charge in [-0.2, -0.15) is 4.31 Å². The van der Waals surface area contributed by atoms with Crippen LogP contribution in [0.25, 0.3) is 0 Å². The third kappa shape index (κ3) is 4.34. The van der Waals surface area contributed by atoms with Crippen molar-refractivity contribution < 1.29 is 8.42 Å². The highest BCUT2D eigenvalue weighted by molar-refractivity contribution is 7.99. The lowest BCUT2D eigenvalue weighted by Crippen LogP contribution is -2.29. The van der Waals surface area contributed by atoms with Crippen molar-refractivity contribution in [2.45, 2.75) is 36.1 Å². The number of nitrogens with zero attached hydrogens (tertiary/aromatic N) is 2. The highest BCUT2D eigenvalue weighted by atomic mass is 32.2. The molecule has 2 heterocycles. The molecular formula is C18H22N2O3S2. The van der Waals surface area contributed by atoms with Crippen LogP contribution in [0.15, 0.2) is 57.2 Å². The summed E-state index contributed by atoms with van der Waals surface area (Å²) in [6.07, 6.45) is 3.27. The zero-order chi connectivity index (χ0) is 17.9. The van der Waals surface area contributed by atoms with E-state index in [2.05, 4.69) is 24.3 Å². The summed E-state index contributed by atoms with van der Waals surface area (Å²) in [4.78, 5) is 13.4. The Morgan fingerprint density at radius 3 is 2.40 bits per heavy atom. The summed E-state index contributed by atoms with van der Waals surface area (Å²) in [6.45, 7) is 3.64. The van der Waals surface area contributed by atoms with Crippen molar-refractivity contribution in [1.82, 2.24) is 8.87 Å². The van der Waals surface area contributed by atoms with Crippen LogP contribution in [0, 0.1) is 6.92 Å². The number of hydrogen-bond acceptors (Lipinski definition) is 4. The minimum Gasteiger partial charge on any atom is -0.313 e. The summed E-state index contributed by atoms with van der Waals surface area (Å²) in [6, 6.07) is 11.0. The van der Waals surface area contributed by atoms with Crippen LogP contribution in [-0.4, -0.2) is 36.1 Å². The Labute approximate surface area is 152 Å². The van der Waals surface area contributed by atoms with Gasteiger partial charge >= 0.3 is 0 Å². The maximum absolute atomic E-state index is 12.6. The number of aryl methyl sites for hydroxylation is 2. The molecule has 1 aliphatic heterocycles. The predicted molar refractivity (Wildman–Crippen MR) is 101 cm³/mol. The first-order valence-corrected chi connectivity index (χ1v) is 10.8. The smallest absolute Gasteiger partial charge is 0.250 e. The van der Waals surface area contributed by atoms with Gasteiger partial charge in [-0.3, -0.25) is 4.79 Å². The van der Waals surface area contributed by atoms with Gasteiger partial charge in [-0.25, -0.2) is 8.42 Å². The molecule has 0 radical (unpaired) electrons. The van der Waals surface area contributed by atoms with E-state index in [4.69, 9.17) is 0 Å². The van der Waals surface area contributed by atoms with Crippen molar-refractivity contribution in [3.05, 3.63) is 58.5 Å². The van der Waals surface area contributed by atoms with Gasteiger partial charge in [-0.1, -0.05) is 17.7 Å². The van der Waals surface area contributed by atoms with Crippen LogP contribution >= 0.6 is 11.8 Å². The van der Waals surface area contributed by atoms with Crippen molar-refractivity contribution in [2.75, 3.05) is 18.8 Å². The number of benzene rings is 1. The lowest BCUT2D eigenvalue weighted by Gasteiger charge is -2.16. The molecule has 1 aromatic carbocycles. The second-order valence-electron chi connectivity index (χ2n) is 6.17. The molecule has 1 aromatic heterocycles. The average molecular weight is 379 g/mol. The minimum atomic E-state index is -3.49. The van der Waals surface area contributed by atoms with Gasteiger partial charge in [0.05, 0.1) is 4.90 Å². The molecule has 0 atom stereocenters. The Morgan fingerprint density at radius 2 is 1.72 bits per heavy atom. The van der Waals surface area contributed by atoms with Gasteiger partial charge in [0.2, 0.25) is 10.0 Å². The molecule has 0 aliphatic carbocycles. The number of hydrogen-bond donors (Lipinski definition) is 0. The molecule has 134 valence electrons. The van der Waals surface area contributed by atoms with Crippen LogP contribution < -0.4 is 5.56 Å². The maximum atomic E-state index is 12.6. The number of pyridine rings is 1. The van der Waals surface area contributed by atoms with E-state index in [0.717, 1.165) is 17.7 Å². The third-order valence-electron chi connectivity index (χ3n) is 4.28. The molecule has 5 nitrogen and oxygen atoms in total. The topological polar surface area (TPSA) is 59.4 Å². The SMILES string of the molecule is Cc1ccc(SCCn2cc(S(=O)(=O)N3CCCC3)ccc2=O)cc1. The molecule has 0 unspecified atom stereocenters. The van der Waals surface area contributed by atoms with Crippen LogP contribution in [0.2, 0.25) is 0 Å². The molecular weight excluding hydrogens is 356 g/mol. The number of aromatic nitrogens is 1. The third-order valence-corrected chi connectivity index (χ3v) is 7.16. The van der Waals surface area contributed by atoms with Crippen molar-refractivity contribution in [1.29, 1.82) is 0 Å². The van der Waals surface area contributed by atoms with E-state index in [1.54, 1.807) is 11.8 Å². The first-order valence-electron chi connectivity index (χ1n) is 8.37. The molecule has 7 heteroatoms. The number of sulfonamides is 1. The van der Waals surface area contributed by atoms with E-state index in [1.165, 1.54) is 32.8 Å². The summed E-state index contributed by atoms with van der Waals surface area (Å²) < 4.78 is 28.2. The first-order chi connectivity index (χ1) is 12.0. The number of rotatable bonds is 6. The highest BCUT2D eigenvalue weighted by Gasteiger charge is 2.27. The van der Waals surface area contributed by atoms with Crippen molar-refractivity contribution in [2.24, 2.45) is 0 Å². The van der Waals surface area contributed by atoms with Crippen LogP contribution in [-0.2, 0) is 16.6 Å². The fourth-order valence-corrected chi connectivity index (χ4v) is 5.20. The van der Waals surface area contributed by atoms with Gasteiger partial charge in [0.25, 0.3) is 5.56 Å². The van der Waals surface area contributed by atoms with Crippen LogP contribution in [0.3, 0.4) is 0 Å². The quantitative estimate of drug-likeness (QED) is 0.725. The summed E-state index contributed by atoms with van der Waals surface area (Å²) in [7, 11) is -3.49. The van der Waals surface area contributed by atoms with E-state index in [9.17, 15) is 13.2 Å². The Balaban J connectivity index is 1.71. The molecule has 0 amide bonds. The molecule has 1 fully saturated rings. The molecule has 1 saturated heterocycles. The Morgan fingerprint density at radius 1 is 1.04 bits per heavy atom. The van der Waals surface area contributed by atoms with Crippen LogP contribution in [0.4, 0.5) is 0 Å². The summed E-state index contributed by atoms with van der Waals surface area (Å²) in [5, 5.41) is 0. The molecule has 1 aliphatic rings. The first kappa shape index (κ1) is 18.2. The van der Waals surface area contributed by atoms with E-state index < -0.39 is 10.0 Å². The van der Waals surface area contributed by atoms with E-state index in [-0.39, 0.29) is 10.5 Å². The van der Waals surface area contributed by atoms with Crippen molar-refractivity contribution in [3.8, 4) is 0 Å². The van der Waals surface area contributed by atoms with Crippen LogP contribution in [0.1, 0.15) is 18.4 Å². The van der Waals surface area contributed by atoms with Gasteiger partial charge < -0.3 is 4.57 Å². The van der Waals surface area contributed by atoms with Gasteiger partial charge in [0.1, 0.15) is 0 Å². The van der Waals surface area contributed by atoms with Gasteiger partial charge in [-0.15, -0.1) is 11.8 Å². The average Bonchev–Trinajstić information content (AvgIpc) is 3.13. The molecule has 0 saturated carbocycles. The normalized spacial score (nSPS) is 15.6. The molecule has 3 rings (SSSR count). The number of thioether (sulfide) groups is 1. The fourth-order valence-electron chi connectivity index (χ4n) is 2.81. The lowest BCUT2D eigenvalue weighted by atomic mass is 10.2. The fraction of sp³-hybridized carbons (Fsp3) is 0.389. The van der Waals surface area contributed by atoms with Gasteiger partial charge in [-0.05, 0) is 38.0 Å². The van der Waals surface area contributed by atoms with E-state index >= 15 is 0 Å². The minimum absolute atomic E-state index is 0.176. The summed E-state index contributed by atoms with van der Waals surface area (Å²) in [5.74, 6) is 0.705. The predicted octanol–water partition coefficient (Wildman–Crippen LogP) is 2.73. The standard InChI is InChI=1S/C18H22N2O3S2/c1-15-4-6-16(7-5-15)24-13-12-19-14-17(8-9-18(19)21)25(22,23)20-10-2-3-11-20/h4-9,14H,2-3,10-13H2,1H3. The van der Waals surface area contributed by atoms with Crippen LogP contribution in [0.5, 0.6) is 0 Å². The van der Waals surface area contributed by atoms with Crippen molar-refractivity contribution >= 4 is 21.8 Å². The molecule has 0 N–H and O–H groups in total. The zero-order valence-electron chi connectivity index (χ0n) is 14.2. The Bertz CT molecular complexity index is 883. The second-order valence-corrected chi connectivity index (χ2v) is 9.28. The lowest BCUT2D eigenvalue weighted by molar-refractivity contribution is 0.476. The van der Waals surface area contributed by atoms with Crippen molar-refractivity contribution in [3.63, 3.8) is 0 Å². The Kier molecular flexibility index (Phi) is 5.66. The molecule has 0 bridgehead atoms. The monoisotopic (exact) mass is 378 g/mol. The second kappa shape index (κ2) is 7.76. The van der Waals surface area contributed by atoms with E-state index in [0.29, 0.717) is 25.4 Å². The molecule has 0 spiro atoms. The molecule has 2 aromatic rings. The summed E-state index contributed by atoms with van der Waals surface area (Å²) >= 11 is 1.65. The highest BCUT2D eigenvalue weighted by Crippen LogP contribution is 2.21. The summed E-state index contributed by atoms with van der Waals surface area (Å²) in [5.41, 5.74) is 1.03. The maximum Gasteiger partial charge on any atom is 0.250 e. The van der Waals surface area contributed by atoms with E-state index in [1.807, 2.05) is 6.92 Å². The largest absolute Gasteiger partial charge is 0.313 e. The van der Waals surface area contributed by atoms with Gasteiger partial charge in [0, 0.05) is 42.5 Å². The molecule has 25 heavy (non-hydrogen) atoms. The Hall–Kier alpha value is -1.57. The van der Waals surface area contributed by atoms with Gasteiger partial charge in [0.15, 0.2) is 0 Å². The zero-order valence-corrected chi connectivity index (χ0v) is 15.9.